The van der Waals surface area contributed by atoms with Gasteiger partial charge in [-0.15, -0.1) is 0 Å². The minimum atomic E-state index is -0.309. The SMILES string of the molecule is NC(=O)C1CCC=CNN1. The molecule has 0 bridgehead atoms. The second-order valence-electron chi connectivity index (χ2n) is 2.22. The lowest BCUT2D eigenvalue weighted by molar-refractivity contribution is -0.120. The lowest BCUT2D eigenvalue weighted by Gasteiger charge is -2.10. The van der Waals surface area contributed by atoms with Crippen molar-refractivity contribution in [2.75, 3.05) is 0 Å². The summed E-state index contributed by atoms with van der Waals surface area (Å²) >= 11 is 0. The van der Waals surface area contributed by atoms with Gasteiger partial charge in [-0.3, -0.25) is 4.79 Å². The summed E-state index contributed by atoms with van der Waals surface area (Å²) in [7, 11) is 0. The molecule has 10 heavy (non-hydrogen) atoms. The molecule has 0 aromatic rings. The molecule has 0 fully saturated rings. The van der Waals surface area contributed by atoms with E-state index < -0.39 is 0 Å². The van der Waals surface area contributed by atoms with Crippen LogP contribution in [0.3, 0.4) is 0 Å². The molecule has 4 nitrogen and oxygen atoms in total. The molecule has 4 N–H and O–H groups in total. The molecule has 0 radical (unpaired) electrons. The number of hydrogen-bond donors (Lipinski definition) is 3. The van der Waals surface area contributed by atoms with Crippen molar-refractivity contribution in [3.8, 4) is 0 Å². The van der Waals surface area contributed by atoms with Crippen LogP contribution in [0.4, 0.5) is 0 Å². The summed E-state index contributed by atoms with van der Waals surface area (Å²) in [6, 6.07) is -0.241. The van der Waals surface area contributed by atoms with Crippen molar-refractivity contribution in [1.82, 2.24) is 10.9 Å². The molecule has 0 spiro atoms. The van der Waals surface area contributed by atoms with Gasteiger partial charge in [-0.1, -0.05) is 6.08 Å². The van der Waals surface area contributed by atoms with E-state index in [1.54, 1.807) is 6.20 Å². The van der Waals surface area contributed by atoms with E-state index in [2.05, 4.69) is 10.9 Å². The smallest absolute Gasteiger partial charge is 0.236 e. The third-order valence-corrected chi connectivity index (χ3v) is 1.42. The van der Waals surface area contributed by atoms with Crippen LogP contribution >= 0.6 is 0 Å². The maximum atomic E-state index is 10.6. The summed E-state index contributed by atoms with van der Waals surface area (Å²) in [4.78, 5) is 10.6. The van der Waals surface area contributed by atoms with Crippen molar-refractivity contribution in [2.24, 2.45) is 5.73 Å². The second-order valence-corrected chi connectivity index (χ2v) is 2.22. The van der Waals surface area contributed by atoms with Crippen LogP contribution < -0.4 is 16.6 Å². The Labute approximate surface area is 59.4 Å². The van der Waals surface area contributed by atoms with Crippen LogP contribution in [0.15, 0.2) is 12.3 Å². The quantitative estimate of drug-likeness (QED) is 0.449. The van der Waals surface area contributed by atoms with E-state index in [1.807, 2.05) is 6.08 Å². The Morgan fingerprint density at radius 1 is 1.70 bits per heavy atom. The number of carbonyl (C=O) groups is 1. The number of allylic oxidation sites excluding steroid dienone is 1. The van der Waals surface area contributed by atoms with Crippen molar-refractivity contribution in [3.05, 3.63) is 12.3 Å². The first kappa shape index (κ1) is 7.08. The molecule has 1 aliphatic heterocycles. The average molecular weight is 141 g/mol. The summed E-state index contributed by atoms with van der Waals surface area (Å²) < 4.78 is 0. The van der Waals surface area contributed by atoms with E-state index in [1.165, 1.54) is 0 Å². The minimum Gasteiger partial charge on any atom is -0.368 e. The fourth-order valence-electron chi connectivity index (χ4n) is 0.839. The van der Waals surface area contributed by atoms with E-state index in [0.717, 1.165) is 12.8 Å². The predicted octanol–water partition coefficient (Wildman–Crippen LogP) is -0.758. The molecule has 0 saturated heterocycles. The number of rotatable bonds is 1. The lowest BCUT2D eigenvalue weighted by Crippen LogP contribution is -2.45. The Morgan fingerprint density at radius 3 is 3.20 bits per heavy atom. The highest BCUT2D eigenvalue weighted by Crippen LogP contribution is 1.98. The largest absolute Gasteiger partial charge is 0.368 e. The molecular formula is C6H11N3O. The third-order valence-electron chi connectivity index (χ3n) is 1.42. The molecule has 0 saturated carbocycles. The van der Waals surface area contributed by atoms with Crippen molar-refractivity contribution < 1.29 is 4.79 Å². The Kier molecular flexibility index (Phi) is 2.28. The molecule has 0 aliphatic carbocycles. The van der Waals surface area contributed by atoms with E-state index in [-0.39, 0.29) is 11.9 Å². The fraction of sp³-hybridized carbons (Fsp3) is 0.500. The van der Waals surface area contributed by atoms with Gasteiger partial charge in [-0.2, -0.15) is 0 Å². The van der Waals surface area contributed by atoms with E-state index in [4.69, 9.17) is 5.73 Å². The van der Waals surface area contributed by atoms with Crippen molar-refractivity contribution >= 4 is 5.91 Å². The number of nitrogens with two attached hydrogens (primary N) is 1. The zero-order valence-corrected chi connectivity index (χ0v) is 5.63. The van der Waals surface area contributed by atoms with Crippen LogP contribution in [0.1, 0.15) is 12.8 Å². The first-order valence-corrected chi connectivity index (χ1v) is 3.26. The molecule has 1 amide bonds. The molecule has 4 heteroatoms. The summed E-state index contributed by atoms with van der Waals surface area (Å²) in [6.07, 6.45) is 5.37. The normalized spacial score (nSPS) is 25.0. The Bertz CT molecular complexity index is 145. The monoisotopic (exact) mass is 141 g/mol. The Morgan fingerprint density at radius 2 is 2.50 bits per heavy atom. The van der Waals surface area contributed by atoms with E-state index >= 15 is 0 Å². The number of hydrazine groups is 1. The van der Waals surface area contributed by atoms with Crippen molar-refractivity contribution in [2.45, 2.75) is 18.9 Å². The van der Waals surface area contributed by atoms with Crippen LogP contribution in [0, 0.1) is 0 Å². The molecule has 1 atom stereocenters. The van der Waals surface area contributed by atoms with Gasteiger partial charge >= 0.3 is 0 Å². The van der Waals surface area contributed by atoms with Gasteiger partial charge in [0, 0.05) is 6.20 Å². The fourth-order valence-corrected chi connectivity index (χ4v) is 0.839. The first-order valence-electron chi connectivity index (χ1n) is 3.26. The maximum absolute atomic E-state index is 10.6. The molecule has 1 rings (SSSR count). The molecule has 1 unspecified atom stereocenters. The van der Waals surface area contributed by atoms with Gasteiger partial charge in [0.1, 0.15) is 6.04 Å². The van der Waals surface area contributed by atoms with Gasteiger partial charge < -0.3 is 11.2 Å². The first-order chi connectivity index (χ1) is 4.80. The minimum absolute atomic E-state index is 0.241. The van der Waals surface area contributed by atoms with Gasteiger partial charge in [-0.05, 0) is 12.8 Å². The number of carbonyl (C=O) groups excluding carboxylic acids is 1. The number of primary amides is 1. The third kappa shape index (κ3) is 1.73. The van der Waals surface area contributed by atoms with Gasteiger partial charge in [0.15, 0.2) is 0 Å². The molecule has 56 valence electrons. The van der Waals surface area contributed by atoms with E-state index in [9.17, 15) is 4.79 Å². The van der Waals surface area contributed by atoms with Crippen LogP contribution in [0.2, 0.25) is 0 Å². The standard InChI is InChI=1S/C6H11N3O/c7-6(10)5-3-1-2-4-8-9-5/h2,4-5,8-9H,1,3H2,(H2,7,10). The average Bonchev–Trinajstić information content (AvgIpc) is 2.12. The van der Waals surface area contributed by atoms with Crippen molar-refractivity contribution in [1.29, 1.82) is 0 Å². The number of nitrogens with one attached hydrogen (secondary N) is 2. The van der Waals surface area contributed by atoms with E-state index in [0.29, 0.717) is 0 Å². The highest BCUT2D eigenvalue weighted by molar-refractivity contribution is 5.79. The van der Waals surface area contributed by atoms with Crippen molar-refractivity contribution in [3.63, 3.8) is 0 Å². The van der Waals surface area contributed by atoms with Gasteiger partial charge in [-0.25, -0.2) is 5.43 Å². The van der Waals surface area contributed by atoms with Gasteiger partial charge in [0.2, 0.25) is 5.91 Å². The highest BCUT2D eigenvalue weighted by Gasteiger charge is 2.13. The molecule has 0 aromatic carbocycles. The summed E-state index contributed by atoms with van der Waals surface area (Å²) in [6.45, 7) is 0. The predicted molar refractivity (Wildman–Crippen MR) is 37.6 cm³/mol. The molecule has 1 aliphatic rings. The molecule has 1 heterocycles. The number of amides is 1. The zero-order valence-electron chi connectivity index (χ0n) is 5.63. The Hall–Kier alpha value is -1.03. The highest BCUT2D eigenvalue weighted by atomic mass is 16.1. The maximum Gasteiger partial charge on any atom is 0.236 e. The van der Waals surface area contributed by atoms with Crippen LogP contribution in [-0.2, 0) is 4.79 Å². The topological polar surface area (TPSA) is 67.2 Å². The van der Waals surface area contributed by atoms with Crippen LogP contribution in [0.5, 0.6) is 0 Å². The van der Waals surface area contributed by atoms with Gasteiger partial charge in [0.05, 0.1) is 0 Å². The molecular weight excluding hydrogens is 130 g/mol. The van der Waals surface area contributed by atoms with Crippen LogP contribution in [-0.4, -0.2) is 11.9 Å². The van der Waals surface area contributed by atoms with Crippen LogP contribution in [0.25, 0.3) is 0 Å². The summed E-state index contributed by atoms with van der Waals surface area (Å²) in [5.41, 5.74) is 10.6. The summed E-state index contributed by atoms with van der Waals surface area (Å²) in [5.74, 6) is -0.309. The second kappa shape index (κ2) is 3.22. The summed E-state index contributed by atoms with van der Waals surface area (Å²) in [5, 5.41) is 0. The Balaban J connectivity index is 2.41. The van der Waals surface area contributed by atoms with Gasteiger partial charge in [0.25, 0.3) is 0 Å². The lowest BCUT2D eigenvalue weighted by atomic mass is 10.1. The number of hydrogen-bond acceptors (Lipinski definition) is 3. The molecule has 0 aromatic heterocycles. The zero-order chi connectivity index (χ0) is 7.40.